The van der Waals surface area contributed by atoms with E-state index in [0.29, 0.717) is 17.5 Å². The highest BCUT2D eigenvalue weighted by Crippen LogP contribution is 2.42. The maximum absolute atomic E-state index is 5.97. The lowest BCUT2D eigenvalue weighted by atomic mass is 9.86. The molecule has 18 heavy (non-hydrogen) atoms. The summed E-state index contributed by atoms with van der Waals surface area (Å²) in [4.78, 5) is 0. The molecular formula is C16H24ClN. The molecule has 1 aromatic carbocycles. The standard InChI is InChI=1S/C16H24ClN/c1-11(16(2,3)4)18-15(12-5-6-12)13-7-9-14(17)10-8-13/h7-12,15,18H,5-6H2,1-4H3. The lowest BCUT2D eigenvalue weighted by molar-refractivity contribution is 0.254. The molecule has 2 unspecified atom stereocenters. The highest BCUT2D eigenvalue weighted by atomic mass is 35.5. The number of hydrogen-bond acceptors (Lipinski definition) is 1. The van der Waals surface area contributed by atoms with E-state index >= 15 is 0 Å². The maximum atomic E-state index is 5.97. The molecule has 0 amide bonds. The summed E-state index contributed by atoms with van der Waals surface area (Å²) < 4.78 is 0. The largest absolute Gasteiger partial charge is 0.307 e. The van der Waals surface area contributed by atoms with E-state index in [1.807, 2.05) is 12.1 Å². The van der Waals surface area contributed by atoms with E-state index in [2.05, 4.69) is 45.1 Å². The molecular weight excluding hydrogens is 242 g/mol. The minimum absolute atomic E-state index is 0.291. The Kier molecular flexibility index (Phi) is 4.03. The molecule has 1 N–H and O–H groups in total. The van der Waals surface area contributed by atoms with Crippen LogP contribution in [0.5, 0.6) is 0 Å². The Morgan fingerprint density at radius 2 is 1.72 bits per heavy atom. The molecule has 1 nitrogen and oxygen atoms in total. The van der Waals surface area contributed by atoms with Gasteiger partial charge in [-0.15, -0.1) is 0 Å². The summed E-state index contributed by atoms with van der Waals surface area (Å²) in [5.41, 5.74) is 1.66. The van der Waals surface area contributed by atoms with Crippen molar-refractivity contribution in [3.63, 3.8) is 0 Å². The number of halogens is 1. The summed E-state index contributed by atoms with van der Waals surface area (Å²) in [5, 5.41) is 4.63. The molecule has 1 aliphatic rings. The van der Waals surface area contributed by atoms with Gasteiger partial charge in [-0.1, -0.05) is 44.5 Å². The normalized spacial score (nSPS) is 19.6. The Labute approximate surface area is 116 Å². The zero-order valence-electron chi connectivity index (χ0n) is 11.8. The number of hydrogen-bond donors (Lipinski definition) is 1. The van der Waals surface area contributed by atoms with Crippen molar-refractivity contribution in [3.8, 4) is 0 Å². The van der Waals surface area contributed by atoms with Gasteiger partial charge in [-0.2, -0.15) is 0 Å². The topological polar surface area (TPSA) is 12.0 Å². The second kappa shape index (κ2) is 5.22. The van der Waals surface area contributed by atoms with Crippen molar-refractivity contribution >= 4 is 11.6 Å². The van der Waals surface area contributed by atoms with Crippen molar-refractivity contribution in [1.29, 1.82) is 0 Å². The zero-order valence-corrected chi connectivity index (χ0v) is 12.6. The van der Waals surface area contributed by atoms with Crippen LogP contribution in [-0.2, 0) is 0 Å². The van der Waals surface area contributed by atoms with Crippen LogP contribution >= 0.6 is 11.6 Å². The molecule has 2 rings (SSSR count). The fourth-order valence-electron chi connectivity index (χ4n) is 2.12. The third-order valence-electron chi connectivity index (χ3n) is 4.05. The molecule has 0 aliphatic heterocycles. The van der Waals surface area contributed by atoms with Crippen molar-refractivity contribution in [2.75, 3.05) is 0 Å². The third-order valence-corrected chi connectivity index (χ3v) is 4.30. The van der Waals surface area contributed by atoms with Crippen LogP contribution in [0.4, 0.5) is 0 Å². The van der Waals surface area contributed by atoms with Gasteiger partial charge >= 0.3 is 0 Å². The van der Waals surface area contributed by atoms with Crippen LogP contribution in [0.15, 0.2) is 24.3 Å². The number of nitrogens with one attached hydrogen (secondary N) is 1. The summed E-state index contributed by atoms with van der Waals surface area (Å²) in [6.45, 7) is 9.15. The van der Waals surface area contributed by atoms with Gasteiger partial charge in [0.2, 0.25) is 0 Å². The van der Waals surface area contributed by atoms with E-state index < -0.39 is 0 Å². The quantitative estimate of drug-likeness (QED) is 0.823. The van der Waals surface area contributed by atoms with Crippen molar-refractivity contribution in [3.05, 3.63) is 34.9 Å². The van der Waals surface area contributed by atoms with Gasteiger partial charge in [-0.25, -0.2) is 0 Å². The molecule has 1 aromatic rings. The first-order valence-corrected chi connectivity index (χ1v) is 7.27. The minimum atomic E-state index is 0.291. The fourth-order valence-corrected chi connectivity index (χ4v) is 2.25. The van der Waals surface area contributed by atoms with Gasteiger partial charge in [-0.05, 0) is 48.8 Å². The highest BCUT2D eigenvalue weighted by Gasteiger charge is 2.34. The first-order chi connectivity index (χ1) is 8.38. The average molecular weight is 266 g/mol. The molecule has 0 bridgehead atoms. The molecule has 1 saturated carbocycles. The first-order valence-electron chi connectivity index (χ1n) is 6.89. The molecule has 1 aliphatic carbocycles. The summed E-state index contributed by atoms with van der Waals surface area (Å²) in [6, 6.07) is 9.29. The van der Waals surface area contributed by atoms with Gasteiger partial charge in [0.15, 0.2) is 0 Å². The third kappa shape index (κ3) is 3.49. The Morgan fingerprint density at radius 3 is 2.17 bits per heavy atom. The van der Waals surface area contributed by atoms with Crippen LogP contribution < -0.4 is 5.32 Å². The predicted octanol–water partition coefficient (Wildman–Crippen LogP) is 4.82. The summed E-state index contributed by atoms with van der Waals surface area (Å²) in [7, 11) is 0. The smallest absolute Gasteiger partial charge is 0.0406 e. The molecule has 0 aromatic heterocycles. The van der Waals surface area contributed by atoms with E-state index in [-0.39, 0.29) is 0 Å². The number of benzene rings is 1. The Balaban J connectivity index is 2.11. The summed E-state index contributed by atoms with van der Waals surface area (Å²) in [6.07, 6.45) is 2.69. The molecule has 0 saturated heterocycles. The maximum Gasteiger partial charge on any atom is 0.0406 e. The highest BCUT2D eigenvalue weighted by molar-refractivity contribution is 6.30. The lowest BCUT2D eigenvalue weighted by Gasteiger charge is -2.33. The zero-order chi connectivity index (χ0) is 13.3. The van der Waals surface area contributed by atoms with Gasteiger partial charge < -0.3 is 5.32 Å². The molecule has 0 radical (unpaired) electrons. The molecule has 1 fully saturated rings. The van der Waals surface area contributed by atoms with Crippen LogP contribution in [0, 0.1) is 11.3 Å². The van der Waals surface area contributed by atoms with Crippen molar-refractivity contribution in [2.24, 2.45) is 11.3 Å². The summed E-state index contributed by atoms with van der Waals surface area (Å²) in [5.74, 6) is 0.802. The molecule has 0 heterocycles. The van der Waals surface area contributed by atoms with Crippen molar-refractivity contribution in [1.82, 2.24) is 5.32 Å². The van der Waals surface area contributed by atoms with Gasteiger partial charge in [0.05, 0.1) is 0 Å². The van der Waals surface area contributed by atoms with E-state index in [9.17, 15) is 0 Å². The van der Waals surface area contributed by atoms with Crippen LogP contribution in [0.1, 0.15) is 52.1 Å². The van der Waals surface area contributed by atoms with E-state index in [1.54, 1.807) is 0 Å². The van der Waals surface area contributed by atoms with Crippen LogP contribution in [-0.4, -0.2) is 6.04 Å². The van der Waals surface area contributed by atoms with Gasteiger partial charge in [0, 0.05) is 17.1 Å². The second-order valence-electron chi connectivity index (χ2n) is 6.62. The second-order valence-corrected chi connectivity index (χ2v) is 7.06. The Bertz CT molecular complexity index is 387. The number of rotatable bonds is 4. The van der Waals surface area contributed by atoms with Crippen LogP contribution in [0.3, 0.4) is 0 Å². The van der Waals surface area contributed by atoms with Crippen molar-refractivity contribution in [2.45, 2.75) is 52.6 Å². The van der Waals surface area contributed by atoms with E-state index in [4.69, 9.17) is 11.6 Å². The molecule has 0 spiro atoms. The Morgan fingerprint density at radius 1 is 1.17 bits per heavy atom. The molecule has 2 atom stereocenters. The average Bonchev–Trinajstić information content (AvgIpc) is 3.09. The Hall–Kier alpha value is -0.530. The van der Waals surface area contributed by atoms with Crippen molar-refractivity contribution < 1.29 is 0 Å². The van der Waals surface area contributed by atoms with Gasteiger partial charge in [0.25, 0.3) is 0 Å². The SMILES string of the molecule is CC(NC(c1ccc(Cl)cc1)C1CC1)C(C)(C)C. The van der Waals surface area contributed by atoms with E-state index in [1.165, 1.54) is 18.4 Å². The predicted molar refractivity (Wildman–Crippen MR) is 79.0 cm³/mol. The molecule has 100 valence electrons. The van der Waals surface area contributed by atoms with Crippen LogP contribution in [0.25, 0.3) is 0 Å². The van der Waals surface area contributed by atoms with Gasteiger partial charge in [-0.3, -0.25) is 0 Å². The van der Waals surface area contributed by atoms with E-state index in [0.717, 1.165) is 10.9 Å². The summed E-state index contributed by atoms with van der Waals surface area (Å²) >= 11 is 5.97. The monoisotopic (exact) mass is 265 g/mol. The lowest BCUT2D eigenvalue weighted by Crippen LogP contribution is -2.40. The van der Waals surface area contributed by atoms with Crippen LogP contribution in [0.2, 0.25) is 5.02 Å². The van der Waals surface area contributed by atoms with Gasteiger partial charge in [0.1, 0.15) is 0 Å². The minimum Gasteiger partial charge on any atom is -0.307 e. The fraction of sp³-hybridized carbons (Fsp3) is 0.625. The first kappa shape index (κ1) is 13.9. The molecule has 2 heteroatoms.